The Labute approximate surface area is 506 Å². The summed E-state index contributed by atoms with van der Waals surface area (Å²) in [5.74, 6) is 5.42. The number of hydrogen-bond acceptors (Lipinski definition) is 6. The minimum Gasteiger partial charge on any atom is -0.497 e. The topological polar surface area (TPSA) is 70.3 Å². The van der Waals surface area contributed by atoms with Gasteiger partial charge in [0.1, 0.15) is 52.1 Å². The molecule has 0 aliphatic heterocycles. The van der Waals surface area contributed by atoms with E-state index < -0.39 is 16.9 Å². The third-order valence-corrected chi connectivity index (χ3v) is 17.5. The standard InChI is InChI=1S/C81H58O6/c1-53-21-23-56(24-22-53)57-29-50-77(72(52-57)79(82)78-20-11-51-84-78)87-67-48-36-61(37-49-67)81(75-18-9-5-14-70(75)71-15-6-10-19-76(71)81)60-34-46-66(47-35-60)86-64-40-27-55(28-41-64)54-25-38-63(39-26-54)85-65-44-32-59(33-45-65)80(58-30-42-62(83-2)43-31-58)73-16-7-3-12-68(73)69-13-4-8-17-74(69)80/h3-52,79,82H,1-2H3. The summed E-state index contributed by atoms with van der Waals surface area (Å²) >= 11 is 0. The molecule has 12 aromatic carbocycles. The van der Waals surface area contributed by atoms with Crippen molar-refractivity contribution >= 4 is 0 Å². The lowest BCUT2D eigenvalue weighted by molar-refractivity contribution is 0.186. The molecule has 87 heavy (non-hydrogen) atoms. The zero-order chi connectivity index (χ0) is 58.5. The average Bonchev–Trinajstić information content (AvgIpc) is 1.65. The molecule has 0 radical (unpaired) electrons. The Kier molecular flexibility index (Phi) is 13.3. The highest BCUT2D eigenvalue weighted by molar-refractivity contribution is 5.88. The summed E-state index contributed by atoms with van der Waals surface area (Å²) < 4.78 is 31.0. The zero-order valence-electron chi connectivity index (χ0n) is 47.9. The van der Waals surface area contributed by atoms with Gasteiger partial charge in [0, 0.05) is 5.56 Å². The summed E-state index contributed by atoms with van der Waals surface area (Å²) in [6.45, 7) is 2.07. The molecule has 0 fully saturated rings. The summed E-state index contributed by atoms with van der Waals surface area (Å²) in [6.07, 6.45) is 0.537. The lowest BCUT2D eigenvalue weighted by atomic mass is 9.68. The number of ether oxygens (including phenoxy) is 4. The largest absolute Gasteiger partial charge is 0.497 e. The fourth-order valence-electron chi connectivity index (χ4n) is 13.4. The molecule has 0 amide bonds. The van der Waals surface area contributed by atoms with Crippen molar-refractivity contribution in [2.45, 2.75) is 23.9 Å². The first-order valence-electron chi connectivity index (χ1n) is 29.4. The van der Waals surface area contributed by atoms with Crippen molar-refractivity contribution in [1.82, 2.24) is 0 Å². The Hall–Kier alpha value is -10.9. The Morgan fingerprint density at radius 2 is 0.667 bits per heavy atom. The van der Waals surface area contributed by atoms with Crippen LogP contribution in [0.25, 0.3) is 44.5 Å². The van der Waals surface area contributed by atoms with E-state index in [1.54, 1.807) is 25.5 Å². The maximum absolute atomic E-state index is 11.7. The number of furan rings is 1. The van der Waals surface area contributed by atoms with Crippen molar-refractivity contribution in [2.75, 3.05) is 7.11 Å². The molecule has 2 aliphatic rings. The molecule has 6 nitrogen and oxygen atoms in total. The van der Waals surface area contributed by atoms with Crippen LogP contribution in [0.15, 0.2) is 308 Å². The van der Waals surface area contributed by atoms with E-state index in [1.165, 1.54) is 55.6 Å². The van der Waals surface area contributed by atoms with Gasteiger partial charge in [-0.2, -0.15) is 0 Å². The van der Waals surface area contributed by atoms with Gasteiger partial charge in [-0.05, 0) is 193 Å². The van der Waals surface area contributed by atoms with Crippen molar-refractivity contribution in [3.63, 3.8) is 0 Å². The lowest BCUT2D eigenvalue weighted by Gasteiger charge is -2.34. The van der Waals surface area contributed by atoms with Gasteiger partial charge in [-0.15, -0.1) is 0 Å². The summed E-state index contributed by atoms with van der Waals surface area (Å²) in [6, 6.07) is 103. The fourth-order valence-corrected chi connectivity index (χ4v) is 13.4. The first-order chi connectivity index (χ1) is 42.8. The van der Waals surface area contributed by atoms with Crippen molar-refractivity contribution in [3.8, 4) is 84.8 Å². The number of aryl methyl sites for hydroxylation is 1. The normalized spacial score (nSPS) is 13.4. The predicted molar refractivity (Wildman–Crippen MR) is 346 cm³/mol. The van der Waals surface area contributed by atoms with Crippen LogP contribution in [0.2, 0.25) is 0 Å². The van der Waals surface area contributed by atoms with E-state index in [0.29, 0.717) is 22.8 Å². The Morgan fingerprint density at radius 3 is 1.05 bits per heavy atom. The Morgan fingerprint density at radius 1 is 0.333 bits per heavy atom. The van der Waals surface area contributed by atoms with E-state index >= 15 is 0 Å². The van der Waals surface area contributed by atoms with Gasteiger partial charge in [0.15, 0.2) is 0 Å². The maximum atomic E-state index is 11.7. The molecule has 6 heteroatoms. The fraction of sp³-hybridized carbons (Fsp3) is 0.0617. The summed E-state index contributed by atoms with van der Waals surface area (Å²) in [5.41, 5.74) is 19.1. The molecule has 2 aliphatic carbocycles. The molecule has 1 unspecified atom stereocenters. The van der Waals surface area contributed by atoms with Crippen LogP contribution in [0.1, 0.15) is 67.5 Å². The molecule has 0 spiro atoms. The van der Waals surface area contributed by atoms with Gasteiger partial charge < -0.3 is 28.5 Å². The van der Waals surface area contributed by atoms with E-state index in [0.717, 1.165) is 67.7 Å². The van der Waals surface area contributed by atoms with Crippen molar-refractivity contribution in [2.24, 2.45) is 0 Å². The number of fused-ring (bicyclic) bond motifs is 6. The number of rotatable bonds is 15. The highest BCUT2D eigenvalue weighted by Gasteiger charge is 2.47. The van der Waals surface area contributed by atoms with Crippen molar-refractivity contribution in [1.29, 1.82) is 0 Å². The van der Waals surface area contributed by atoms with E-state index in [1.807, 2.05) is 54.6 Å². The first-order valence-corrected chi connectivity index (χ1v) is 29.4. The molecule has 1 N–H and O–H groups in total. The number of aliphatic hydroxyl groups excluding tert-OH is 1. The van der Waals surface area contributed by atoms with Crippen LogP contribution < -0.4 is 18.9 Å². The van der Waals surface area contributed by atoms with Crippen LogP contribution in [-0.4, -0.2) is 12.2 Å². The minimum absolute atomic E-state index is 0.439. The quantitative estimate of drug-likeness (QED) is 0.110. The summed E-state index contributed by atoms with van der Waals surface area (Å²) in [4.78, 5) is 0. The van der Waals surface area contributed by atoms with E-state index in [9.17, 15) is 5.11 Å². The monoisotopic (exact) mass is 1130 g/mol. The van der Waals surface area contributed by atoms with Gasteiger partial charge in [0.25, 0.3) is 0 Å². The lowest BCUT2D eigenvalue weighted by Crippen LogP contribution is -2.28. The minimum atomic E-state index is -1.04. The second kappa shape index (κ2) is 21.9. The van der Waals surface area contributed by atoms with Gasteiger partial charge in [0.2, 0.25) is 0 Å². The molecule has 1 aromatic heterocycles. The molecule has 0 saturated carbocycles. The SMILES string of the molecule is COc1ccc(C2(c3ccc(Oc4ccc(-c5ccc(Oc6ccc(C7(c8ccc(Oc9ccc(-c%10ccc(C)cc%10)cc9C(O)c9ccco9)cc8)c8ccccc8-c8ccccc87)cc6)cc5)cc4)cc3)c3ccccc3-c3ccccc32)cc1. The van der Waals surface area contributed by atoms with Crippen LogP contribution in [0.4, 0.5) is 0 Å². The molecular formula is C81H58O6. The van der Waals surface area contributed by atoms with Gasteiger partial charge in [-0.1, -0.05) is 206 Å². The Balaban J connectivity index is 0.666. The molecule has 0 bridgehead atoms. The van der Waals surface area contributed by atoms with Crippen molar-refractivity contribution < 1.29 is 28.5 Å². The van der Waals surface area contributed by atoms with E-state index in [-0.39, 0.29) is 0 Å². The van der Waals surface area contributed by atoms with Crippen LogP contribution in [-0.2, 0) is 10.8 Å². The van der Waals surface area contributed by atoms with E-state index in [4.69, 9.17) is 23.4 Å². The first kappa shape index (κ1) is 52.9. The van der Waals surface area contributed by atoms with Gasteiger partial charge in [-0.25, -0.2) is 0 Å². The van der Waals surface area contributed by atoms with Crippen LogP contribution in [0.5, 0.6) is 40.2 Å². The highest BCUT2D eigenvalue weighted by Crippen LogP contribution is 2.58. The zero-order valence-corrected chi connectivity index (χ0v) is 47.9. The van der Waals surface area contributed by atoms with Crippen LogP contribution >= 0.6 is 0 Å². The van der Waals surface area contributed by atoms with Gasteiger partial charge in [0.05, 0.1) is 24.2 Å². The second-order valence-corrected chi connectivity index (χ2v) is 22.4. The predicted octanol–water partition coefficient (Wildman–Crippen LogP) is 20.1. The third-order valence-electron chi connectivity index (χ3n) is 17.5. The maximum Gasteiger partial charge on any atom is 0.140 e. The van der Waals surface area contributed by atoms with Gasteiger partial charge >= 0.3 is 0 Å². The molecule has 1 heterocycles. The summed E-state index contributed by atoms with van der Waals surface area (Å²) in [5, 5.41) is 11.7. The molecular weight excluding hydrogens is 1070 g/mol. The van der Waals surface area contributed by atoms with E-state index in [2.05, 4.69) is 237 Å². The van der Waals surface area contributed by atoms with Gasteiger partial charge in [-0.3, -0.25) is 0 Å². The average molecular weight is 1130 g/mol. The van der Waals surface area contributed by atoms with Crippen LogP contribution in [0.3, 0.4) is 0 Å². The number of hydrogen-bond donors (Lipinski definition) is 1. The number of methoxy groups -OCH3 is 1. The van der Waals surface area contributed by atoms with Crippen LogP contribution in [0, 0.1) is 6.92 Å². The highest BCUT2D eigenvalue weighted by atomic mass is 16.5. The van der Waals surface area contributed by atoms with Crippen molar-refractivity contribution in [3.05, 3.63) is 365 Å². The molecule has 13 aromatic rings. The number of benzene rings is 12. The number of aliphatic hydroxyl groups is 1. The molecule has 15 rings (SSSR count). The summed E-state index contributed by atoms with van der Waals surface area (Å²) in [7, 11) is 1.71. The molecule has 1 atom stereocenters. The second-order valence-electron chi connectivity index (χ2n) is 22.4. The molecule has 0 saturated heterocycles. The Bertz CT molecular complexity index is 4520. The molecule has 418 valence electrons. The third kappa shape index (κ3) is 9.17. The smallest absolute Gasteiger partial charge is 0.140 e.